The second-order valence-corrected chi connectivity index (χ2v) is 6.40. The zero-order valence-corrected chi connectivity index (χ0v) is 14.8. The molecule has 3 aromatic rings. The molecule has 0 aliphatic heterocycles. The van der Waals surface area contributed by atoms with Gasteiger partial charge in [-0.15, -0.1) is 0 Å². The van der Waals surface area contributed by atoms with Crippen LogP contribution in [-0.2, 0) is 17.5 Å². The molecule has 3 nitrogen and oxygen atoms in total. The van der Waals surface area contributed by atoms with E-state index in [9.17, 15) is 18.0 Å². The molecule has 0 radical (unpaired) electrons. The van der Waals surface area contributed by atoms with E-state index in [1.54, 1.807) is 11.9 Å². The molecule has 0 atom stereocenters. The fourth-order valence-corrected chi connectivity index (χ4v) is 3.05. The summed E-state index contributed by atoms with van der Waals surface area (Å²) in [6, 6.07) is 18.9. The molecule has 0 aliphatic rings. The number of benzene rings is 3. The van der Waals surface area contributed by atoms with Crippen LogP contribution in [0.5, 0.6) is 0 Å². The largest absolute Gasteiger partial charge is 0.418 e. The van der Waals surface area contributed by atoms with Crippen LogP contribution in [0.3, 0.4) is 0 Å². The van der Waals surface area contributed by atoms with Gasteiger partial charge < -0.3 is 5.32 Å². The minimum Gasteiger partial charge on any atom is -0.324 e. The van der Waals surface area contributed by atoms with Gasteiger partial charge in [0.05, 0.1) is 17.8 Å². The minimum absolute atomic E-state index is 0.0184. The van der Waals surface area contributed by atoms with Crippen LogP contribution in [0.15, 0.2) is 66.7 Å². The highest BCUT2D eigenvalue weighted by molar-refractivity contribution is 5.93. The van der Waals surface area contributed by atoms with Crippen LogP contribution >= 0.6 is 0 Å². The molecule has 0 fully saturated rings. The number of alkyl halides is 3. The van der Waals surface area contributed by atoms with Crippen LogP contribution in [0, 0.1) is 0 Å². The first-order chi connectivity index (χ1) is 12.8. The smallest absolute Gasteiger partial charge is 0.324 e. The van der Waals surface area contributed by atoms with Crippen molar-refractivity contribution < 1.29 is 18.0 Å². The number of anilines is 1. The van der Waals surface area contributed by atoms with E-state index in [4.69, 9.17) is 0 Å². The predicted octanol–water partition coefficient (Wildman–Crippen LogP) is 4.93. The molecule has 0 aliphatic carbocycles. The molecule has 0 aromatic heterocycles. The highest BCUT2D eigenvalue weighted by Crippen LogP contribution is 2.34. The maximum atomic E-state index is 13.0. The Morgan fingerprint density at radius 1 is 0.963 bits per heavy atom. The van der Waals surface area contributed by atoms with Crippen LogP contribution in [0.2, 0.25) is 0 Å². The number of likely N-dealkylation sites (N-methyl/N-ethyl adjacent to an activating group) is 1. The summed E-state index contributed by atoms with van der Waals surface area (Å²) in [5, 5.41) is 4.57. The molecule has 3 aromatic carbocycles. The number of rotatable bonds is 5. The van der Waals surface area contributed by atoms with Gasteiger partial charge in [0, 0.05) is 6.54 Å². The lowest BCUT2D eigenvalue weighted by molar-refractivity contribution is -0.137. The van der Waals surface area contributed by atoms with Crippen molar-refractivity contribution >= 4 is 22.4 Å². The van der Waals surface area contributed by atoms with Gasteiger partial charge in [0.25, 0.3) is 0 Å². The summed E-state index contributed by atoms with van der Waals surface area (Å²) in [6.45, 7) is 0.491. The molecular weight excluding hydrogens is 353 g/mol. The van der Waals surface area contributed by atoms with Gasteiger partial charge in [-0.3, -0.25) is 9.69 Å². The molecule has 0 saturated heterocycles. The van der Waals surface area contributed by atoms with Crippen LogP contribution in [0.4, 0.5) is 18.9 Å². The van der Waals surface area contributed by atoms with Gasteiger partial charge in [0.2, 0.25) is 5.91 Å². The third-order valence-electron chi connectivity index (χ3n) is 4.24. The van der Waals surface area contributed by atoms with E-state index >= 15 is 0 Å². The standard InChI is InChI=1S/C21H19F3N2O/c1-26(13-16-9-6-8-15-7-2-3-10-17(15)16)14-20(27)25-19-12-5-4-11-18(19)21(22,23)24/h2-12H,13-14H2,1H3,(H,25,27). The van der Waals surface area contributed by atoms with Crippen LogP contribution < -0.4 is 5.32 Å². The summed E-state index contributed by atoms with van der Waals surface area (Å²) in [5.74, 6) is -0.491. The summed E-state index contributed by atoms with van der Waals surface area (Å²) in [7, 11) is 1.76. The molecule has 6 heteroatoms. The highest BCUT2D eigenvalue weighted by Gasteiger charge is 2.33. The van der Waals surface area contributed by atoms with Crippen molar-refractivity contribution in [3.05, 3.63) is 77.9 Å². The van der Waals surface area contributed by atoms with E-state index in [0.29, 0.717) is 6.54 Å². The van der Waals surface area contributed by atoms with Gasteiger partial charge in [0.15, 0.2) is 0 Å². The summed E-state index contributed by atoms with van der Waals surface area (Å²) < 4.78 is 39.1. The lowest BCUT2D eigenvalue weighted by Gasteiger charge is -2.19. The molecule has 0 bridgehead atoms. The number of nitrogens with one attached hydrogen (secondary N) is 1. The number of para-hydroxylation sites is 1. The molecular formula is C21H19F3N2O. The SMILES string of the molecule is CN(CC(=O)Nc1ccccc1C(F)(F)F)Cc1cccc2ccccc12. The van der Waals surface area contributed by atoms with Gasteiger partial charge in [-0.05, 0) is 35.5 Å². The average molecular weight is 372 g/mol. The molecule has 0 unspecified atom stereocenters. The highest BCUT2D eigenvalue weighted by atomic mass is 19.4. The van der Waals surface area contributed by atoms with Crippen molar-refractivity contribution in [2.45, 2.75) is 12.7 Å². The van der Waals surface area contributed by atoms with E-state index in [-0.39, 0.29) is 12.2 Å². The Morgan fingerprint density at radius 2 is 1.63 bits per heavy atom. The number of hydrogen-bond donors (Lipinski definition) is 1. The number of nitrogens with zero attached hydrogens (tertiary/aromatic N) is 1. The van der Waals surface area contributed by atoms with E-state index in [0.717, 1.165) is 22.4 Å². The second kappa shape index (κ2) is 7.80. The first kappa shape index (κ1) is 18.9. The Labute approximate surface area is 155 Å². The van der Waals surface area contributed by atoms with Crippen LogP contribution in [-0.4, -0.2) is 24.4 Å². The number of hydrogen-bond acceptors (Lipinski definition) is 2. The van der Waals surface area contributed by atoms with Crippen LogP contribution in [0.25, 0.3) is 10.8 Å². The number of amides is 1. The van der Waals surface area contributed by atoms with E-state index in [1.807, 2.05) is 42.5 Å². The normalized spacial score (nSPS) is 11.7. The summed E-state index contributed by atoms with van der Waals surface area (Å²) in [4.78, 5) is 14.0. The van der Waals surface area contributed by atoms with Gasteiger partial charge in [-0.2, -0.15) is 13.2 Å². The maximum Gasteiger partial charge on any atom is 0.418 e. The maximum absolute atomic E-state index is 13.0. The van der Waals surface area contributed by atoms with Crippen LogP contribution in [0.1, 0.15) is 11.1 Å². The molecule has 0 heterocycles. The van der Waals surface area contributed by atoms with Crippen molar-refractivity contribution in [3.63, 3.8) is 0 Å². The van der Waals surface area contributed by atoms with Crippen molar-refractivity contribution in [2.75, 3.05) is 18.9 Å². The van der Waals surface area contributed by atoms with Gasteiger partial charge in [-0.1, -0.05) is 54.6 Å². The Bertz CT molecular complexity index is 948. The summed E-state index contributed by atoms with van der Waals surface area (Å²) in [6.07, 6.45) is -4.52. The third-order valence-corrected chi connectivity index (χ3v) is 4.24. The predicted molar refractivity (Wildman–Crippen MR) is 100 cm³/mol. The van der Waals surface area contributed by atoms with E-state index in [2.05, 4.69) is 5.32 Å². The van der Waals surface area contributed by atoms with Crippen molar-refractivity contribution in [1.29, 1.82) is 0 Å². The topological polar surface area (TPSA) is 32.3 Å². The molecule has 1 amide bonds. The molecule has 27 heavy (non-hydrogen) atoms. The zero-order valence-electron chi connectivity index (χ0n) is 14.8. The molecule has 3 rings (SSSR count). The van der Waals surface area contributed by atoms with Crippen molar-refractivity contribution in [2.24, 2.45) is 0 Å². The fourth-order valence-electron chi connectivity index (χ4n) is 3.05. The number of carbonyl (C=O) groups excluding carboxylic acids is 1. The molecule has 1 N–H and O–H groups in total. The number of carbonyl (C=O) groups is 1. The Morgan fingerprint density at radius 3 is 2.41 bits per heavy atom. The number of halogens is 3. The minimum atomic E-state index is -4.52. The lowest BCUT2D eigenvalue weighted by atomic mass is 10.0. The fraction of sp³-hybridized carbons (Fsp3) is 0.190. The first-order valence-electron chi connectivity index (χ1n) is 8.46. The number of fused-ring (bicyclic) bond motifs is 1. The van der Waals surface area contributed by atoms with E-state index in [1.165, 1.54) is 18.2 Å². The van der Waals surface area contributed by atoms with Gasteiger partial charge in [0.1, 0.15) is 0 Å². The van der Waals surface area contributed by atoms with Crippen molar-refractivity contribution in [1.82, 2.24) is 4.90 Å². The van der Waals surface area contributed by atoms with E-state index < -0.39 is 17.6 Å². The molecule has 140 valence electrons. The molecule has 0 spiro atoms. The average Bonchev–Trinajstić information content (AvgIpc) is 2.61. The Hall–Kier alpha value is -2.86. The van der Waals surface area contributed by atoms with Gasteiger partial charge >= 0.3 is 6.18 Å². The Balaban J connectivity index is 1.68. The molecule has 0 saturated carbocycles. The third kappa shape index (κ3) is 4.65. The zero-order chi connectivity index (χ0) is 19.4. The second-order valence-electron chi connectivity index (χ2n) is 6.40. The monoisotopic (exact) mass is 372 g/mol. The Kier molecular flexibility index (Phi) is 5.46. The summed E-state index contributed by atoms with van der Waals surface area (Å²) in [5.41, 5.74) is -0.0253. The summed E-state index contributed by atoms with van der Waals surface area (Å²) >= 11 is 0. The lowest BCUT2D eigenvalue weighted by Crippen LogP contribution is -2.30. The quantitative estimate of drug-likeness (QED) is 0.689. The van der Waals surface area contributed by atoms with Gasteiger partial charge in [-0.25, -0.2) is 0 Å². The first-order valence-corrected chi connectivity index (χ1v) is 8.46. The van der Waals surface area contributed by atoms with Crippen molar-refractivity contribution in [3.8, 4) is 0 Å².